The fourth-order valence-corrected chi connectivity index (χ4v) is 3.47. The summed E-state index contributed by atoms with van der Waals surface area (Å²) in [6.45, 7) is 5.40. The number of anilines is 1. The molecule has 0 atom stereocenters. The summed E-state index contributed by atoms with van der Waals surface area (Å²) in [7, 11) is -3.97. The van der Waals surface area contributed by atoms with E-state index >= 15 is 0 Å². The van der Waals surface area contributed by atoms with E-state index in [4.69, 9.17) is 0 Å². The molecule has 0 heterocycles. The summed E-state index contributed by atoms with van der Waals surface area (Å²) < 4.78 is 26.7. The molecule has 0 fully saturated rings. The van der Waals surface area contributed by atoms with Crippen LogP contribution >= 0.6 is 0 Å². The van der Waals surface area contributed by atoms with Crippen molar-refractivity contribution in [3.63, 3.8) is 0 Å². The van der Waals surface area contributed by atoms with Crippen molar-refractivity contribution in [3.8, 4) is 0 Å². The lowest BCUT2D eigenvalue weighted by Crippen LogP contribution is -2.36. The minimum Gasteiger partial charge on any atom is -0.268 e. The molecule has 0 bridgehead atoms. The summed E-state index contributed by atoms with van der Waals surface area (Å²) in [6, 6.07) is 14.8. The van der Waals surface area contributed by atoms with Crippen molar-refractivity contribution in [2.75, 3.05) is 4.31 Å². The van der Waals surface area contributed by atoms with Crippen LogP contribution in [0.15, 0.2) is 71.1 Å². The molecule has 0 radical (unpaired) electrons. The van der Waals surface area contributed by atoms with Crippen molar-refractivity contribution in [3.05, 3.63) is 71.8 Å². The van der Waals surface area contributed by atoms with Gasteiger partial charge in [0.1, 0.15) is 0 Å². The van der Waals surface area contributed by atoms with Gasteiger partial charge in [0.15, 0.2) is 0 Å². The van der Waals surface area contributed by atoms with Gasteiger partial charge in [-0.15, -0.1) is 0 Å². The highest BCUT2D eigenvalue weighted by Gasteiger charge is 2.29. The summed E-state index contributed by atoms with van der Waals surface area (Å²) in [5, 5.41) is 0. The predicted octanol–water partition coefficient (Wildman–Crippen LogP) is 3.68. The Hall–Kier alpha value is -2.40. The number of carbonyl (C=O) groups excluding carboxylic acids is 1. The number of carbonyl (C=O) groups is 1. The second-order valence-corrected chi connectivity index (χ2v) is 7.26. The summed E-state index contributed by atoms with van der Waals surface area (Å²) in [4.78, 5) is 12.6. The summed E-state index contributed by atoms with van der Waals surface area (Å²) in [5.74, 6) is -0.585. The minimum absolute atomic E-state index is 0.0797. The number of sulfonamides is 1. The zero-order chi connectivity index (χ0) is 17.0. The maximum absolute atomic E-state index is 12.9. The van der Waals surface area contributed by atoms with Gasteiger partial charge < -0.3 is 0 Å². The molecule has 5 heteroatoms. The van der Waals surface area contributed by atoms with Crippen LogP contribution in [0.5, 0.6) is 0 Å². The van der Waals surface area contributed by atoms with Gasteiger partial charge >= 0.3 is 0 Å². The smallest absolute Gasteiger partial charge is 0.268 e. The third-order valence-corrected chi connectivity index (χ3v) is 4.90. The lowest BCUT2D eigenvalue weighted by atomic mass is 10.2. The van der Waals surface area contributed by atoms with Gasteiger partial charge in [-0.05, 0) is 45.0 Å². The number of hydrogen-bond donors (Lipinski definition) is 0. The van der Waals surface area contributed by atoms with E-state index in [9.17, 15) is 13.2 Å². The topological polar surface area (TPSA) is 54.5 Å². The Morgan fingerprint density at radius 1 is 0.957 bits per heavy atom. The standard InChI is InChI=1S/C18H19NO3S/c1-14(2)13-18(20)19(16-11-9-15(3)10-12-16)23(21,22)17-7-5-4-6-8-17/h4-13H,1-3H3. The van der Waals surface area contributed by atoms with Crippen LogP contribution in [0.3, 0.4) is 0 Å². The predicted molar refractivity (Wildman–Crippen MR) is 91.7 cm³/mol. The molecule has 23 heavy (non-hydrogen) atoms. The van der Waals surface area contributed by atoms with Crippen LogP contribution in [0.2, 0.25) is 0 Å². The van der Waals surface area contributed by atoms with Crippen LogP contribution in [0.4, 0.5) is 5.69 Å². The van der Waals surface area contributed by atoms with Crippen LogP contribution in [-0.2, 0) is 14.8 Å². The Morgan fingerprint density at radius 2 is 1.52 bits per heavy atom. The van der Waals surface area contributed by atoms with Crippen LogP contribution in [0.25, 0.3) is 0 Å². The largest absolute Gasteiger partial charge is 0.271 e. The van der Waals surface area contributed by atoms with Crippen molar-refractivity contribution < 1.29 is 13.2 Å². The van der Waals surface area contributed by atoms with Crippen molar-refractivity contribution >= 4 is 21.6 Å². The molecule has 0 aliphatic heterocycles. The normalized spacial score (nSPS) is 10.9. The molecule has 0 aliphatic rings. The first-order valence-electron chi connectivity index (χ1n) is 7.18. The SMILES string of the molecule is CC(C)=CC(=O)N(c1ccc(C)cc1)S(=O)(=O)c1ccccc1. The third kappa shape index (κ3) is 3.87. The molecule has 120 valence electrons. The molecule has 2 rings (SSSR count). The summed E-state index contributed by atoms with van der Waals surface area (Å²) in [5.41, 5.74) is 2.04. The summed E-state index contributed by atoms with van der Waals surface area (Å²) >= 11 is 0. The second-order valence-electron chi connectivity index (χ2n) is 5.48. The van der Waals surface area contributed by atoms with E-state index in [1.165, 1.54) is 18.2 Å². The highest BCUT2D eigenvalue weighted by atomic mass is 32.2. The first-order chi connectivity index (χ1) is 10.8. The molecule has 0 aliphatic carbocycles. The number of hydrogen-bond acceptors (Lipinski definition) is 3. The maximum Gasteiger partial charge on any atom is 0.271 e. The van der Waals surface area contributed by atoms with Gasteiger partial charge in [-0.3, -0.25) is 4.79 Å². The van der Waals surface area contributed by atoms with E-state index in [-0.39, 0.29) is 4.90 Å². The Kier molecular flexibility index (Phi) is 5.01. The quantitative estimate of drug-likeness (QED) is 0.804. The molecule has 0 unspecified atom stereocenters. The van der Waals surface area contributed by atoms with Crippen LogP contribution < -0.4 is 4.31 Å². The fraction of sp³-hybridized carbons (Fsp3) is 0.167. The van der Waals surface area contributed by atoms with Gasteiger partial charge in [-0.1, -0.05) is 41.5 Å². The van der Waals surface area contributed by atoms with Crippen molar-refractivity contribution in [1.29, 1.82) is 0 Å². The number of amides is 1. The molecule has 0 N–H and O–H groups in total. The molecule has 0 aromatic heterocycles. The van der Waals surface area contributed by atoms with Crippen LogP contribution in [0, 0.1) is 6.92 Å². The lowest BCUT2D eigenvalue weighted by Gasteiger charge is -2.21. The van der Waals surface area contributed by atoms with Gasteiger partial charge in [-0.2, -0.15) is 4.31 Å². The second kappa shape index (κ2) is 6.79. The lowest BCUT2D eigenvalue weighted by molar-refractivity contribution is -0.113. The first kappa shape index (κ1) is 17.0. The zero-order valence-electron chi connectivity index (χ0n) is 13.4. The van der Waals surface area contributed by atoms with E-state index in [2.05, 4.69) is 0 Å². The van der Waals surface area contributed by atoms with Crippen molar-refractivity contribution in [2.45, 2.75) is 25.7 Å². The van der Waals surface area contributed by atoms with Gasteiger partial charge in [0.25, 0.3) is 15.9 Å². The number of benzene rings is 2. The van der Waals surface area contributed by atoms with Crippen LogP contribution in [0.1, 0.15) is 19.4 Å². The van der Waals surface area contributed by atoms with Gasteiger partial charge in [0.2, 0.25) is 0 Å². The number of allylic oxidation sites excluding steroid dienone is 1. The molecule has 4 nitrogen and oxygen atoms in total. The van der Waals surface area contributed by atoms with Gasteiger partial charge in [0, 0.05) is 6.08 Å². The molecule has 1 amide bonds. The minimum atomic E-state index is -3.97. The number of rotatable bonds is 4. The molecule has 2 aromatic rings. The number of nitrogens with zero attached hydrogens (tertiary/aromatic N) is 1. The van der Waals surface area contributed by atoms with E-state index in [1.54, 1.807) is 56.3 Å². The van der Waals surface area contributed by atoms with Crippen molar-refractivity contribution in [1.82, 2.24) is 0 Å². The first-order valence-corrected chi connectivity index (χ1v) is 8.62. The fourth-order valence-electron chi connectivity index (χ4n) is 2.07. The number of aryl methyl sites for hydroxylation is 1. The molecular weight excluding hydrogens is 310 g/mol. The maximum atomic E-state index is 12.9. The van der Waals surface area contributed by atoms with Gasteiger partial charge in [0.05, 0.1) is 10.6 Å². The Balaban J connectivity index is 2.60. The van der Waals surface area contributed by atoms with E-state index in [0.29, 0.717) is 5.69 Å². The van der Waals surface area contributed by atoms with E-state index in [1.807, 2.05) is 6.92 Å². The Morgan fingerprint density at radius 3 is 2.04 bits per heavy atom. The van der Waals surface area contributed by atoms with Crippen LogP contribution in [-0.4, -0.2) is 14.3 Å². The molecule has 0 saturated heterocycles. The van der Waals surface area contributed by atoms with Gasteiger partial charge in [-0.25, -0.2) is 8.42 Å². The van der Waals surface area contributed by atoms with E-state index in [0.717, 1.165) is 15.4 Å². The molecular formula is C18H19NO3S. The zero-order valence-corrected chi connectivity index (χ0v) is 14.2. The highest BCUT2D eigenvalue weighted by molar-refractivity contribution is 7.93. The molecule has 0 spiro atoms. The summed E-state index contributed by atoms with van der Waals surface area (Å²) in [6.07, 6.45) is 1.32. The van der Waals surface area contributed by atoms with E-state index < -0.39 is 15.9 Å². The monoisotopic (exact) mass is 329 g/mol. The third-order valence-electron chi connectivity index (χ3n) is 3.16. The molecule has 0 saturated carbocycles. The highest BCUT2D eigenvalue weighted by Crippen LogP contribution is 2.24. The van der Waals surface area contributed by atoms with Crippen molar-refractivity contribution in [2.24, 2.45) is 0 Å². The Labute approximate surface area is 137 Å². The Bertz CT molecular complexity index is 818. The average molecular weight is 329 g/mol. The average Bonchev–Trinajstić information content (AvgIpc) is 2.49. The molecule has 2 aromatic carbocycles.